The van der Waals surface area contributed by atoms with E-state index < -0.39 is 29.7 Å². The first-order valence-corrected chi connectivity index (χ1v) is 7.96. The van der Waals surface area contributed by atoms with Crippen molar-refractivity contribution in [3.63, 3.8) is 0 Å². The van der Waals surface area contributed by atoms with Crippen molar-refractivity contribution in [2.75, 3.05) is 13.2 Å². The lowest BCUT2D eigenvalue weighted by Crippen LogP contribution is -2.47. The van der Waals surface area contributed by atoms with Crippen LogP contribution in [0.25, 0.3) is 0 Å². The van der Waals surface area contributed by atoms with Gasteiger partial charge in [-0.2, -0.15) is 0 Å². The molecule has 0 bridgehead atoms. The van der Waals surface area contributed by atoms with Gasteiger partial charge < -0.3 is 19.5 Å². The first-order valence-electron chi connectivity index (χ1n) is 7.96. The summed E-state index contributed by atoms with van der Waals surface area (Å²) in [6, 6.07) is -0.832. The molecule has 0 fully saturated rings. The summed E-state index contributed by atoms with van der Waals surface area (Å²) in [6.07, 6.45) is -0.0151. The molecule has 138 valence electrons. The maximum absolute atomic E-state index is 12.2. The molecule has 0 saturated heterocycles. The van der Waals surface area contributed by atoms with Crippen LogP contribution in [0.2, 0.25) is 0 Å². The van der Waals surface area contributed by atoms with Gasteiger partial charge in [-0.25, -0.2) is 14.4 Å². The minimum atomic E-state index is -0.832. The maximum Gasteiger partial charge on any atom is 0.408 e. The smallest absolute Gasteiger partial charge is 0.408 e. The number of ether oxygens (including phenoxy) is 3. The average Bonchev–Trinajstić information content (AvgIpc) is 2.45. The lowest BCUT2D eigenvalue weighted by atomic mass is 9.99. The molecule has 0 heterocycles. The Balaban J connectivity index is 4.54. The van der Waals surface area contributed by atoms with E-state index >= 15 is 0 Å². The number of hydrogen-bond acceptors (Lipinski definition) is 6. The van der Waals surface area contributed by atoms with Gasteiger partial charge in [0.05, 0.1) is 0 Å². The fourth-order valence-electron chi connectivity index (χ4n) is 1.59. The zero-order valence-corrected chi connectivity index (χ0v) is 15.4. The molecule has 0 aromatic heterocycles. The minimum absolute atomic E-state index is 0.0723. The summed E-state index contributed by atoms with van der Waals surface area (Å²) in [6.45, 7) is 13.7. The Morgan fingerprint density at radius 1 is 1.12 bits per heavy atom. The van der Waals surface area contributed by atoms with E-state index in [0.29, 0.717) is 6.42 Å². The summed E-state index contributed by atoms with van der Waals surface area (Å²) in [4.78, 5) is 35.3. The number of esters is 2. The average molecular weight is 343 g/mol. The Labute approximate surface area is 143 Å². The van der Waals surface area contributed by atoms with Gasteiger partial charge in [-0.3, -0.25) is 0 Å². The number of hydrogen-bond donors (Lipinski definition) is 1. The van der Waals surface area contributed by atoms with Gasteiger partial charge in [-0.05, 0) is 33.6 Å². The van der Waals surface area contributed by atoms with Crippen LogP contribution < -0.4 is 5.32 Å². The monoisotopic (exact) mass is 343 g/mol. The van der Waals surface area contributed by atoms with Crippen LogP contribution in [0.1, 0.15) is 48.0 Å². The van der Waals surface area contributed by atoms with E-state index in [-0.39, 0.29) is 24.7 Å². The predicted molar refractivity (Wildman–Crippen MR) is 89.3 cm³/mol. The van der Waals surface area contributed by atoms with E-state index in [0.717, 1.165) is 0 Å². The maximum atomic E-state index is 12.2. The summed E-state index contributed by atoms with van der Waals surface area (Å²) >= 11 is 0. The van der Waals surface area contributed by atoms with Crippen LogP contribution in [0.5, 0.6) is 0 Å². The molecule has 0 aliphatic rings. The standard InChI is InChI=1S/C17H29NO6/c1-8-12(4)13(18-16(21)24-17(5,6)7)15(20)23-10-9-22-14(19)11(2)3/h12-13H,2,8-10H2,1,3-7H3,(H,18,21)/t12-,13-/m0/s1. The first kappa shape index (κ1) is 21.9. The zero-order chi connectivity index (χ0) is 18.9. The fourth-order valence-corrected chi connectivity index (χ4v) is 1.59. The Kier molecular flexibility index (Phi) is 9.10. The normalized spacial score (nSPS) is 13.4. The van der Waals surface area contributed by atoms with Crippen LogP contribution in [0.3, 0.4) is 0 Å². The van der Waals surface area contributed by atoms with Crippen molar-refractivity contribution in [3.8, 4) is 0 Å². The molecular weight excluding hydrogens is 314 g/mol. The molecule has 1 amide bonds. The Hall–Kier alpha value is -2.05. The van der Waals surface area contributed by atoms with Gasteiger partial charge in [0.1, 0.15) is 24.9 Å². The molecule has 1 N–H and O–H groups in total. The van der Waals surface area contributed by atoms with Crippen molar-refractivity contribution in [3.05, 3.63) is 12.2 Å². The highest BCUT2D eigenvalue weighted by Gasteiger charge is 2.29. The Bertz CT molecular complexity index is 466. The molecule has 0 aliphatic heterocycles. The van der Waals surface area contributed by atoms with Crippen LogP contribution in [-0.2, 0) is 23.8 Å². The summed E-state index contributed by atoms with van der Waals surface area (Å²) in [5.74, 6) is -1.28. The second kappa shape index (κ2) is 9.95. The van der Waals surface area contributed by atoms with Crippen molar-refractivity contribution in [1.29, 1.82) is 0 Å². The second-order valence-electron chi connectivity index (χ2n) is 6.59. The van der Waals surface area contributed by atoms with Crippen LogP contribution in [0, 0.1) is 5.92 Å². The van der Waals surface area contributed by atoms with Crippen LogP contribution in [-0.4, -0.2) is 42.9 Å². The third-order valence-corrected chi connectivity index (χ3v) is 3.05. The number of alkyl carbamates (subject to hydrolysis) is 1. The molecule has 2 atom stereocenters. The molecule has 24 heavy (non-hydrogen) atoms. The van der Waals surface area contributed by atoms with Crippen molar-refractivity contribution in [2.45, 2.75) is 59.6 Å². The second-order valence-corrected chi connectivity index (χ2v) is 6.59. The Morgan fingerprint density at radius 2 is 1.67 bits per heavy atom. The SMILES string of the molecule is C=C(C)C(=O)OCCOC(=O)[C@@H](NC(=O)OC(C)(C)C)[C@@H](C)CC. The molecule has 0 aliphatic carbocycles. The molecule has 7 heteroatoms. The lowest BCUT2D eigenvalue weighted by Gasteiger charge is -2.25. The molecule has 0 saturated carbocycles. The van der Waals surface area contributed by atoms with Crippen molar-refractivity contribution in [2.24, 2.45) is 5.92 Å². The van der Waals surface area contributed by atoms with E-state index in [1.807, 2.05) is 13.8 Å². The highest BCUT2D eigenvalue weighted by molar-refractivity contribution is 5.87. The van der Waals surface area contributed by atoms with Crippen molar-refractivity contribution >= 4 is 18.0 Å². The molecule has 0 unspecified atom stereocenters. The highest BCUT2D eigenvalue weighted by atomic mass is 16.6. The number of carbonyl (C=O) groups is 3. The number of nitrogens with one attached hydrogen (secondary N) is 1. The number of amides is 1. The van der Waals surface area contributed by atoms with Crippen LogP contribution in [0.4, 0.5) is 4.79 Å². The summed E-state index contributed by atoms with van der Waals surface area (Å²) in [7, 11) is 0. The third-order valence-electron chi connectivity index (χ3n) is 3.05. The summed E-state index contributed by atoms with van der Waals surface area (Å²) in [5.41, 5.74) is -0.393. The van der Waals surface area contributed by atoms with Crippen LogP contribution in [0.15, 0.2) is 12.2 Å². The minimum Gasteiger partial charge on any atom is -0.461 e. The molecule has 0 aromatic rings. The van der Waals surface area contributed by atoms with Gasteiger partial charge in [0.2, 0.25) is 0 Å². The quantitative estimate of drug-likeness (QED) is 0.315. The molecule has 0 spiro atoms. The largest absolute Gasteiger partial charge is 0.461 e. The molecule has 7 nitrogen and oxygen atoms in total. The number of rotatable bonds is 8. The fraction of sp³-hybridized carbons (Fsp3) is 0.706. The predicted octanol–water partition coefficient (Wildman–Crippen LogP) is 2.59. The molecule has 0 aromatic carbocycles. The van der Waals surface area contributed by atoms with E-state index in [2.05, 4.69) is 11.9 Å². The van der Waals surface area contributed by atoms with E-state index in [1.54, 1.807) is 20.8 Å². The van der Waals surface area contributed by atoms with Gasteiger partial charge >= 0.3 is 18.0 Å². The summed E-state index contributed by atoms with van der Waals surface area (Å²) in [5, 5.41) is 2.53. The summed E-state index contributed by atoms with van der Waals surface area (Å²) < 4.78 is 15.1. The molecule has 0 radical (unpaired) electrons. The van der Waals surface area contributed by atoms with Gasteiger partial charge in [-0.15, -0.1) is 0 Å². The number of carbonyl (C=O) groups excluding carboxylic acids is 3. The van der Waals surface area contributed by atoms with E-state index in [9.17, 15) is 14.4 Å². The zero-order valence-electron chi connectivity index (χ0n) is 15.4. The molecule has 0 rings (SSSR count). The van der Waals surface area contributed by atoms with E-state index in [4.69, 9.17) is 14.2 Å². The Morgan fingerprint density at radius 3 is 2.12 bits per heavy atom. The van der Waals surface area contributed by atoms with Gasteiger partial charge in [0.15, 0.2) is 0 Å². The van der Waals surface area contributed by atoms with Gasteiger partial charge in [0.25, 0.3) is 0 Å². The van der Waals surface area contributed by atoms with Crippen LogP contribution >= 0.6 is 0 Å². The highest BCUT2D eigenvalue weighted by Crippen LogP contribution is 2.12. The molecular formula is C17H29NO6. The first-order chi connectivity index (χ1) is 11.0. The van der Waals surface area contributed by atoms with Gasteiger partial charge in [-0.1, -0.05) is 26.8 Å². The van der Waals surface area contributed by atoms with Gasteiger partial charge in [0, 0.05) is 5.57 Å². The van der Waals surface area contributed by atoms with Crippen molar-refractivity contribution in [1.82, 2.24) is 5.32 Å². The topological polar surface area (TPSA) is 90.9 Å². The van der Waals surface area contributed by atoms with E-state index in [1.165, 1.54) is 6.92 Å². The van der Waals surface area contributed by atoms with Crippen molar-refractivity contribution < 1.29 is 28.6 Å². The lowest BCUT2D eigenvalue weighted by molar-refractivity contribution is -0.152. The third kappa shape index (κ3) is 9.17.